The van der Waals surface area contributed by atoms with Crippen LogP contribution in [0.5, 0.6) is 5.75 Å². The maximum Gasteiger partial charge on any atom is 0.329 e. The number of carbonyl (C=O) groups excluding carboxylic acids is 2. The SMILES string of the molecule is CCOC(=O)C(Cc1ccccc1)N1C(=O)/C(=C/N2N=C(c3ccc(OC)cc3)CC2C(=O)O)SC1=S. The zero-order chi connectivity index (χ0) is 26.5. The van der Waals surface area contributed by atoms with Crippen LogP contribution in [0.1, 0.15) is 24.5 Å². The van der Waals surface area contributed by atoms with Crippen molar-refractivity contribution < 1.29 is 29.0 Å². The number of carboxylic acid groups (broad SMARTS) is 1. The molecule has 0 aromatic heterocycles. The number of hydrogen-bond donors (Lipinski definition) is 1. The zero-order valence-corrected chi connectivity index (χ0v) is 21.8. The minimum atomic E-state index is -1.08. The van der Waals surface area contributed by atoms with E-state index in [1.54, 1.807) is 38.3 Å². The van der Waals surface area contributed by atoms with E-state index in [0.29, 0.717) is 11.5 Å². The van der Waals surface area contributed by atoms with Crippen LogP contribution in [-0.4, -0.2) is 68.7 Å². The molecule has 2 aromatic rings. The van der Waals surface area contributed by atoms with Crippen molar-refractivity contribution in [1.82, 2.24) is 9.91 Å². The number of esters is 1. The molecule has 2 aliphatic heterocycles. The number of thiocarbonyl (C=S) groups is 1. The van der Waals surface area contributed by atoms with Crippen LogP contribution in [0.25, 0.3) is 0 Å². The summed E-state index contributed by atoms with van der Waals surface area (Å²) in [5.74, 6) is -1.47. The molecule has 2 aromatic carbocycles. The Bertz CT molecular complexity index is 1260. The Morgan fingerprint density at radius 3 is 2.54 bits per heavy atom. The van der Waals surface area contributed by atoms with Crippen LogP contribution in [0.15, 0.2) is 70.8 Å². The molecule has 2 atom stereocenters. The smallest absolute Gasteiger partial charge is 0.329 e. The molecule has 37 heavy (non-hydrogen) atoms. The number of ether oxygens (including phenoxy) is 2. The van der Waals surface area contributed by atoms with Gasteiger partial charge in [-0.1, -0.05) is 54.3 Å². The van der Waals surface area contributed by atoms with Crippen LogP contribution in [0.2, 0.25) is 0 Å². The molecule has 0 saturated carbocycles. The Hall–Kier alpha value is -3.70. The third-order valence-corrected chi connectivity index (χ3v) is 7.18. The number of hydrogen-bond acceptors (Lipinski definition) is 9. The van der Waals surface area contributed by atoms with E-state index in [1.807, 2.05) is 30.3 Å². The minimum absolute atomic E-state index is 0.151. The Labute approximate surface area is 223 Å². The van der Waals surface area contributed by atoms with Crippen molar-refractivity contribution in [1.29, 1.82) is 0 Å². The van der Waals surface area contributed by atoms with E-state index in [2.05, 4.69) is 5.10 Å². The van der Waals surface area contributed by atoms with Gasteiger partial charge in [0, 0.05) is 19.0 Å². The van der Waals surface area contributed by atoms with Gasteiger partial charge in [0.05, 0.1) is 24.3 Å². The van der Waals surface area contributed by atoms with Crippen LogP contribution >= 0.6 is 24.0 Å². The van der Waals surface area contributed by atoms with Crippen molar-refractivity contribution in [3.63, 3.8) is 0 Å². The monoisotopic (exact) mass is 539 g/mol. The number of carbonyl (C=O) groups is 3. The highest BCUT2D eigenvalue weighted by Gasteiger charge is 2.42. The molecular formula is C26H25N3O6S2. The van der Waals surface area contributed by atoms with Gasteiger partial charge in [0.25, 0.3) is 5.91 Å². The van der Waals surface area contributed by atoms with Gasteiger partial charge < -0.3 is 14.6 Å². The first-order valence-electron chi connectivity index (χ1n) is 11.5. The van der Waals surface area contributed by atoms with Crippen LogP contribution < -0.4 is 4.74 Å². The summed E-state index contributed by atoms with van der Waals surface area (Å²) < 4.78 is 10.6. The van der Waals surface area contributed by atoms with E-state index in [9.17, 15) is 19.5 Å². The summed E-state index contributed by atoms with van der Waals surface area (Å²) in [6, 6.07) is 14.5. The second kappa shape index (κ2) is 11.6. The lowest BCUT2D eigenvalue weighted by molar-refractivity contribution is -0.150. The molecule has 0 bridgehead atoms. The highest BCUT2D eigenvalue weighted by Crippen LogP contribution is 2.35. The largest absolute Gasteiger partial charge is 0.497 e. The predicted octanol–water partition coefficient (Wildman–Crippen LogP) is 3.43. The first-order valence-corrected chi connectivity index (χ1v) is 12.8. The van der Waals surface area contributed by atoms with Crippen molar-refractivity contribution in [2.75, 3.05) is 13.7 Å². The van der Waals surface area contributed by atoms with Gasteiger partial charge in [0.2, 0.25) is 0 Å². The average Bonchev–Trinajstić information content (AvgIpc) is 3.44. The molecule has 1 fully saturated rings. The minimum Gasteiger partial charge on any atom is -0.497 e. The fourth-order valence-electron chi connectivity index (χ4n) is 4.02. The van der Waals surface area contributed by atoms with Gasteiger partial charge in [-0.15, -0.1) is 0 Å². The topological polar surface area (TPSA) is 109 Å². The number of rotatable bonds is 9. The summed E-state index contributed by atoms with van der Waals surface area (Å²) >= 11 is 6.47. The summed E-state index contributed by atoms with van der Waals surface area (Å²) in [4.78, 5) is 39.7. The maximum atomic E-state index is 13.4. The van der Waals surface area contributed by atoms with E-state index in [0.717, 1.165) is 22.9 Å². The van der Waals surface area contributed by atoms with E-state index in [4.69, 9.17) is 21.7 Å². The molecule has 1 amide bonds. The zero-order valence-electron chi connectivity index (χ0n) is 20.2. The quantitative estimate of drug-likeness (QED) is 0.291. The van der Waals surface area contributed by atoms with Crippen molar-refractivity contribution in [2.45, 2.75) is 31.8 Å². The number of carboxylic acids is 1. The lowest BCUT2D eigenvalue weighted by Gasteiger charge is -2.25. The fourth-order valence-corrected chi connectivity index (χ4v) is 5.34. The van der Waals surface area contributed by atoms with Gasteiger partial charge in [0.1, 0.15) is 16.1 Å². The summed E-state index contributed by atoms with van der Waals surface area (Å²) in [5, 5.41) is 15.5. The third-order valence-electron chi connectivity index (χ3n) is 5.87. The van der Waals surface area contributed by atoms with E-state index in [-0.39, 0.29) is 28.7 Å². The van der Waals surface area contributed by atoms with E-state index in [1.165, 1.54) is 16.1 Å². The molecule has 2 heterocycles. The van der Waals surface area contributed by atoms with Crippen molar-refractivity contribution in [3.8, 4) is 5.75 Å². The second-order valence-corrected chi connectivity index (χ2v) is 9.88. The number of thioether (sulfide) groups is 1. The van der Waals surface area contributed by atoms with Crippen molar-refractivity contribution in [3.05, 3.63) is 76.8 Å². The van der Waals surface area contributed by atoms with E-state index >= 15 is 0 Å². The average molecular weight is 540 g/mol. The molecule has 11 heteroatoms. The van der Waals surface area contributed by atoms with Gasteiger partial charge in [-0.05, 0) is 42.3 Å². The molecule has 1 N–H and O–H groups in total. The van der Waals surface area contributed by atoms with Crippen LogP contribution in [0.4, 0.5) is 0 Å². The van der Waals surface area contributed by atoms with Gasteiger partial charge in [0.15, 0.2) is 6.04 Å². The molecule has 0 aliphatic carbocycles. The number of aliphatic carboxylic acids is 1. The van der Waals surface area contributed by atoms with Crippen molar-refractivity contribution in [2.24, 2.45) is 5.10 Å². The third kappa shape index (κ3) is 5.83. The first-order chi connectivity index (χ1) is 17.8. The number of nitrogens with zero attached hydrogens (tertiary/aromatic N) is 3. The number of methoxy groups -OCH3 is 1. The Kier molecular flexibility index (Phi) is 8.24. The Morgan fingerprint density at radius 1 is 1.22 bits per heavy atom. The maximum absolute atomic E-state index is 13.4. The summed E-state index contributed by atoms with van der Waals surface area (Å²) in [5.41, 5.74) is 2.16. The van der Waals surface area contributed by atoms with E-state index < -0.39 is 29.9 Å². The second-order valence-electron chi connectivity index (χ2n) is 8.21. The number of hydrazone groups is 1. The predicted molar refractivity (Wildman–Crippen MR) is 143 cm³/mol. The standard InChI is InChI=1S/C26H25N3O6S2/c1-3-35-25(33)21(13-16-7-5-4-6-8-16)29-23(30)22(37-26(29)36)15-28-20(24(31)32)14-19(27-28)17-9-11-18(34-2)12-10-17/h4-12,15,20-21H,3,13-14H2,1-2H3,(H,31,32)/b22-15-. The molecule has 1 saturated heterocycles. The Balaban J connectivity index is 1.62. The molecule has 0 radical (unpaired) electrons. The molecule has 9 nitrogen and oxygen atoms in total. The lowest BCUT2D eigenvalue weighted by Crippen LogP contribution is -2.46. The summed E-state index contributed by atoms with van der Waals surface area (Å²) in [7, 11) is 1.56. The van der Waals surface area contributed by atoms with Crippen LogP contribution in [-0.2, 0) is 25.5 Å². The normalized spacial score (nSPS) is 19.2. The highest BCUT2D eigenvalue weighted by molar-refractivity contribution is 8.26. The van der Waals surface area contributed by atoms with Crippen LogP contribution in [0.3, 0.4) is 0 Å². The highest BCUT2D eigenvalue weighted by atomic mass is 32.2. The van der Waals surface area contributed by atoms with Gasteiger partial charge in [-0.2, -0.15) is 5.10 Å². The molecule has 2 aliphatic rings. The Morgan fingerprint density at radius 2 is 1.92 bits per heavy atom. The molecule has 0 spiro atoms. The molecule has 2 unspecified atom stereocenters. The number of amides is 1. The van der Waals surface area contributed by atoms with Gasteiger partial charge in [-0.25, -0.2) is 9.59 Å². The van der Waals surface area contributed by atoms with Gasteiger partial charge >= 0.3 is 11.9 Å². The first kappa shape index (κ1) is 26.4. The molecule has 192 valence electrons. The van der Waals surface area contributed by atoms with Crippen molar-refractivity contribution >= 4 is 51.9 Å². The fraction of sp³-hybridized carbons (Fsp3) is 0.269. The summed E-state index contributed by atoms with van der Waals surface area (Å²) in [6.45, 7) is 1.85. The molecule has 4 rings (SSSR count). The number of benzene rings is 2. The summed E-state index contributed by atoms with van der Waals surface area (Å²) in [6.07, 6.45) is 1.76. The molecular weight excluding hydrogens is 514 g/mol. The van der Waals surface area contributed by atoms with Crippen LogP contribution in [0, 0.1) is 0 Å². The lowest BCUT2D eigenvalue weighted by atomic mass is 10.0. The van der Waals surface area contributed by atoms with Gasteiger partial charge in [-0.3, -0.25) is 14.7 Å².